The smallest absolute Gasteiger partial charge is 0.266 e. The van der Waals surface area contributed by atoms with Gasteiger partial charge in [0.15, 0.2) is 9.84 Å². The molecule has 5 rings (SSSR count). The summed E-state index contributed by atoms with van der Waals surface area (Å²) in [6.45, 7) is 1.61. The number of nitrogens with two attached hydrogens (primary N) is 1. The fourth-order valence-electron chi connectivity index (χ4n) is 5.67. The van der Waals surface area contributed by atoms with Gasteiger partial charge in [-0.15, -0.1) is 0 Å². The van der Waals surface area contributed by atoms with Crippen molar-refractivity contribution in [3.8, 4) is 0 Å². The Morgan fingerprint density at radius 2 is 1.83 bits per heavy atom. The molecule has 1 saturated heterocycles. The summed E-state index contributed by atoms with van der Waals surface area (Å²) in [4.78, 5) is 21.6. The number of aromatic nitrogens is 3. The highest BCUT2D eigenvalue weighted by molar-refractivity contribution is 7.92. The maximum Gasteiger partial charge on any atom is 0.266 e. The number of sulfone groups is 1. The number of fused-ring (bicyclic) bond motifs is 1. The summed E-state index contributed by atoms with van der Waals surface area (Å²) in [5, 5.41) is 3.50. The van der Waals surface area contributed by atoms with E-state index in [-0.39, 0.29) is 33.9 Å². The van der Waals surface area contributed by atoms with Crippen LogP contribution in [0.15, 0.2) is 35.4 Å². The van der Waals surface area contributed by atoms with E-state index in [0.717, 1.165) is 6.07 Å². The Hall–Kier alpha value is -2.99. The summed E-state index contributed by atoms with van der Waals surface area (Å²) in [5.41, 5.74) is 4.85. The lowest BCUT2D eigenvalue weighted by Gasteiger charge is -2.58. The van der Waals surface area contributed by atoms with E-state index in [9.17, 15) is 26.4 Å². The molecule has 8 nitrogen and oxygen atoms in total. The zero-order chi connectivity index (χ0) is 25.3. The Morgan fingerprint density at radius 1 is 1.17 bits per heavy atom. The minimum absolute atomic E-state index is 0.0435. The van der Waals surface area contributed by atoms with Gasteiger partial charge in [0.05, 0.1) is 28.5 Å². The molecule has 0 unspecified atom stereocenters. The number of benzene rings is 1. The Morgan fingerprint density at radius 3 is 2.46 bits per heavy atom. The highest BCUT2D eigenvalue weighted by Crippen LogP contribution is 2.57. The molecule has 12 heteroatoms. The average Bonchev–Trinajstić information content (AvgIpc) is 2.73. The zero-order valence-corrected chi connectivity index (χ0v) is 19.9. The van der Waals surface area contributed by atoms with Crippen LogP contribution in [0.25, 0.3) is 11.0 Å². The number of nitrogens with zero attached hydrogens (tertiary/aromatic N) is 3. The van der Waals surface area contributed by atoms with Gasteiger partial charge in [0, 0.05) is 29.1 Å². The molecule has 3 aromatic rings. The van der Waals surface area contributed by atoms with Gasteiger partial charge in [0.1, 0.15) is 23.6 Å². The Labute approximate surface area is 199 Å². The van der Waals surface area contributed by atoms with E-state index in [0.29, 0.717) is 29.4 Å². The van der Waals surface area contributed by atoms with Crippen LogP contribution in [0.3, 0.4) is 0 Å². The maximum absolute atomic E-state index is 14.7. The molecule has 0 radical (unpaired) electrons. The van der Waals surface area contributed by atoms with Crippen LogP contribution in [0.4, 0.5) is 19.0 Å². The summed E-state index contributed by atoms with van der Waals surface area (Å²) >= 11 is 0. The molecule has 1 aromatic carbocycles. The first kappa shape index (κ1) is 23.7. The van der Waals surface area contributed by atoms with Crippen LogP contribution in [0.1, 0.15) is 48.9 Å². The highest BCUT2D eigenvalue weighted by Gasteiger charge is 2.62. The topological polar surface area (TPSA) is 120 Å². The quantitative estimate of drug-likeness (QED) is 0.545. The number of aryl methyl sites for hydroxylation is 1. The van der Waals surface area contributed by atoms with E-state index in [4.69, 9.17) is 5.73 Å². The van der Waals surface area contributed by atoms with Crippen molar-refractivity contribution < 1.29 is 21.6 Å². The Bertz CT molecular complexity index is 1500. The van der Waals surface area contributed by atoms with E-state index in [1.165, 1.54) is 23.0 Å². The van der Waals surface area contributed by atoms with Crippen molar-refractivity contribution in [3.63, 3.8) is 0 Å². The van der Waals surface area contributed by atoms with E-state index in [2.05, 4.69) is 15.3 Å². The van der Waals surface area contributed by atoms with Crippen molar-refractivity contribution in [2.45, 2.75) is 37.8 Å². The predicted molar refractivity (Wildman–Crippen MR) is 124 cm³/mol. The third kappa shape index (κ3) is 3.79. The average molecular weight is 508 g/mol. The van der Waals surface area contributed by atoms with Gasteiger partial charge in [-0.1, -0.05) is 18.2 Å². The van der Waals surface area contributed by atoms with Crippen LogP contribution in [0, 0.1) is 11.2 Å². The van der Waals surface area contributed by atoms with E-state index in [1.807, 2.05) is 0 Å². The second-order valence-electron chi connectivity index (χ2n) is 9.84. The van der Waals surface area contributed by atoms with Crippen LogP contribution in [0.5, 0.6) is 0 Å². The van der Waals surface area contributed by atoms with Crippen molar-refractivity contribution in [3.05, 3.63) is 63.5 Å². The summed E-state index contributed by atoms with van der Waals surface area (Å²) < 4.78 is 65.7. The Balaban J connectivity index is 1.52. The monoisotopic (exact) mass is 507 g/mol. The number of anilines is 1. The fraction of sp³-hybridized carbons (Fsp3) is 0.435. The van der Waals surface area contributed by atoms with Crippen molar-refractivity contribution in [1.29, 1.82) is 0 Å². The van der Waals surface area contributed by atoms with Gasteiger partial charge >= 0.3 is 0 Å². The molecule has 2 aliphatic rings. The molecular formula is C23H24F3N5O3S. The first-order chi connectivity index (χ1) is 16.3. The van der Waals surface area contributed by atoms with Crippen LogP contribution < -0.4 is 16.6 Å². The molecule has 0 bridgehead atoms. The third-order valence-corrected chi connectivity index (χ3v) is 9.19. The maximum atomic E-state index is 14.7. The fourth-order valence-corrected chi connectivity index (χ4v) is 7.86. The minimum atomic E-state index is -3.04. The Kier molecular flexibility index (Phi) is 5.26. The lowest BCUT2D eigenvalue weighted by Crippen LogP contribution is -2.66. The minimum Gasteiger partial charge on any atom is -0.363 e. The van der Waals surface area contributed by atoms with Gasteiger partial charge in [-0.2, -0.15) is 0 Å². The predicted octanol–water partition coefficient (Wildman–Crippen LogP) is 2.94. The first-order valence-corrected chi connectivity index (χ1v) is 12.8. The molecule has 1 aliphatic carbocycles. The molecule has 186 valence electrons. The zero-order valence-electron chi connectivity index (χ0n) is 19.1. The molecule has 3 heterocycles. The molecular weight excluding hydrogens is 483 g/mol. The van der Waals surface area contributed by atoms with Gasteiger partial charge in [-0.05, 0) is 25.8 Å². The summed E-state index contributed by atoms with van der Waals surface area (Å²) in [7, 11) is -1.49. The van der Waals surface area contributed by atoms with E-state index < -0.39 is 39.2 Å². The van der Waals surface area contributed by atoms with E-state index >= 15 is 0 Å². The van der Waals surface area contributed by atoms with Crippen molar-refractivity contribution >= 4 is 26.7 Å². The number of nitrogens with one attached hydrogen (secondary N) is 1. The van der Waals surface area contributed by atoms with Gasteiger partial charge in [0.2, 0.25) is 0 Å². The number of pyridine rings is 1. The molecule has 1 atom stereocenters. The van der Waals surface area contributed by atoms with Gasteiger partial charge in [-0.25, -0.2) is 31.6 Å². The summed E-state index contributed by atoms with van der Waals surface area (Å²) in [6, 6.07) is 4.69. The molecule has 2 aromatic heterocycles. The molecule has 1 saturated carbocycles. The molecule has 3 N–H and O–H groups in total. The molecule has 35 heavy (non-hydrogen) atoms. The molecule has 2 fully saturated rings. The highest BCUT2D eigenvalue weighted by atomic mass is 32.2. The summed E-state index contributed by atoms with van der Waals surface area (Å²) in [5.74, 6) is -0.567. The number of rotatable bonds is 5. The lowest BCUT2D eigenvalue weighted by molar-refractivity contribution is 0.0524. The number of halogens is 3. The van der Waals surface area contributed by atoms with Gasteiger partial charge in [0.25, 0.3) is 12.0 Å². The normalized spacial score (nSPS) is 20.4. The van der Waals surface area contributed by atoms with Crippen LogP contribution >= 0.6 is 0 Å². The second-order valence-corrected chi connectivity index (χ2v) is 11.9. The molecule has 0 amide bonds. The third-order valence-electron chi connectivity index (χ3n) is 7.09. The SMILES string of the molecule is C[C@@H](Nc1ncnc2c1cc(C1(N)CC3(C1)CS(=O)(=O)C3)c(=O)n2C)c1cccc(C(F)F)c1F. The largest absolute Gasteiger partial charge is 0.363 e. The van der Waals surface area contributed by atoms with Crippen LogP contribution in [-0.2, 0) is 22.4 Å². The molecule has 1 aliphatic heterocycles. The van der Waals surface area contributed by atoms with Crippen molar-refractivity contribution in [2.75, 3.05) is 16.8 Å². The van der Waals surface area contributed by atoms with Gasteiger partial charge in [-0.3, -0.25) is 9.36 Å². The van der Waals surface area contributed by atoms with Crippen molar-refractivity contribution in [1.82, 2.24) is 14.5 Å². The number of hydrogen-bond donors (Lipinski definition) is 2. The molecule has 1 spiro atoms. The standard InChI is InChI=1S/C23H24F3N5O3S/c1-12(13-4-3-5-14(17(13)24)18(25)26)30-19-15-6-16(21(32)31(2)20(15)29-11-28-19)23(27)7-22(8-23)9-35(33,34)10-22/h3-6,11-12,18H,7-10,27H2,1-2H3,(H,28,29,30)/t12-/m1/s1. The van der Waals surface area contributed by atoms with Crippen LogP contribution in [-0.4, -0.2) is 34.5 Å². The summed E-state index contributed by atoms with van der Waals surface area (Å²) in [6.07, 6.45) is -0.953. The van der Waals surface area contributed by atoms with Gasteiger partial charge < -0.3 is 11.1 Å². The van der Waals surface area contributed by atoms with Crippen molar-refractivity contribution in [2.24, 2.45) is 18.2 Å². The first-order valence-electron chi connectivity index (χ1n) is 11.0. The van der Waals surface area contributed by atoms with Crippen LogP contribution in [0.2, 0.25) is 0 Å². The lowest BCUT2D eigenvalue weighted by atomic mass is 9.57. The van der Waals surface area contributed by atoms with E-state index in [1.54, 1.807) is 20.0 Å². The number of hydrogen-bond acceptors (Lipinski definition) is 7. The number of alkyl halides is 2. The second kappa shape index (κ2) is 7.76.